The fourth-order valence-electron chi connectivity index (χ4n) is 5.10. The van der Waals surface area contributed by atoms with Gasteiger partial charge in [0.1, 0.15) is 0 Å². The Balaban J connectivity index is 1.45. The van der Waals surface area contributed by atoms with Gasteiger partial charge in [0.2, 0.25) is 5.91 Å². The normalized spacial score (nSPS) is 24.7. The van der Waals surface area contributed by atoms with Crippen LogP contribution in [-0.4, -0.2) is 29.9 Å². The van der Waals surface area contributed by atoms with Crippen molar-refractivity contribution in [1.29, 1.82) is 0 Å². The van der Waals surface area contributed by atoms with E-state index in [0.717, 1.165) is 11.4 Å². The topological polar surface area (TPSA) is 23.6 Å². The Morgan fingerprint density at radius 2 is 1.56 bits per heavy atom. The number of para-hydroxylation sites is 2. The summed E-state index contributed by atoms with van der Waals surface area (Å²) in [5, 5.41) is 0. The maximum absolute atomic E-state index is 13.6. The summed E-state index contributed by atoms with van der Waals surface area (Å²) in [6, 6.07) is 17.2. The van der Waals surface area contributed by atoms with Crippen molar-refractivity contribution < 1.29 is 4.79 Å². The molecule has 5 rings (SSSR count). The van der Waals surface area contributed by atoms with Crippen molar-refractivity contribution in [3.8, 4) is 0 Å². The molecule has 1 amide bonds. The van der Waals surface area contributed by atoms with Gasteiger partial charge in [-0.2, -0.15) is 0 Å². The molecule has 0 radical (unpaired) electrons. The van der Waals surface area contributed by atoms with E-state index in [1.54, 1.807) is 11.8 Å². The van der Waals surface area contributed by atoms with Gasteiger partial charge in [-0.15, -0.1) is 0 Å². The predicted octanol–water partition coefficient (Wildman–Crippen LogP) is 5.47. The van der Waals surface area contributed by atoms with Crippen LogP contribution in [0, 0.1) is 5.92 Å². The lowest BCUT2D eigenvalue weighted by molar-refractivity contribution is -0.120. The summed E-state index contributed by atoms with van der Waals surface area (Å²) >= 11 is 1.77. The molecule has 2 atom stereocenters. The summed E-state index contributed by atoms with van der Waals surface area (Å²) in [6.07, 6.45) is 6.99. The lowest BCUT2D eigenvalue weighted by Gasteiger charge is -2.44. The molecule has 2 aromatic carbocycles. The number of hydrogen-bond donors (Lipinski definition) is 0. The van der Waals surface area contributed by atoms with Gasteiger partial charge < -0.3 is 4.90 Å². The summed E-state index contributed by atoms with van der Waals surface area (Å²) < 4.78 is 0. The first-order valence-electron chi connectivity index (χ1n) is 10.2. The number of benzene rings is 2. The van der Waals surface area contributed by atoms with E-state index in [1.165, 1.54) is 55.0 Å². The second-order valence-corrected chi connectivity index (χ2v) is 9.06. The van der Waals surface area contributed by atoms with Gasteiger partial charge in [0.05, 0.1) is 11.4 Å². The van der Waals surface area contributed by atoms with Crippen LogP contribution in [0.15, 0.2) is 58.3 Å². The molecule has 2 saturated heterocycles. The van der Waals surface area contributed by atoms with E-state index in [0.29, 0.717) is 18.4 Å². The molecule has 4 heteroatoms. The molecule has 3 aliphatic heterocycles. The average Bonchev–Trinajstić information content (AvgIpc) is 2.72. The van der Waals surface area contributed by atoms with E-state index in [4.69, 9.17) is 0 Å². The lowest BCUT2D eigenvalue weighted by Crippen LogP contribution is -2.49. The number of carbonyl (C=O) groups is 1. The molecule has 0 bridgehead atoms. The van der Waals surface area contributed by atoms with Crippen molar-refractivity contribution in [2.45, 2.75) is 54.4 Å². The molecule has 0 saturated carbocycles. The van der Waals surface area contributed by atoms with Gasteiger partial charge in [-0.3, -0.25) is 9.69 Å². The lowest BCUT2D eigenvalue weighted by atomic mass is 9.81. The Morgan fingerprint density at radius 1 is 0.889 bits per heavy atom. The molecule has 0 spiro atoms. The van der Waals surface area contributed by atoms with Gasteiger partial charge in [-0.25, -0.2) is 0 Å². The van der Waals surface area contributed by atoms with Crippen molar-refractivity contribution in [3.05, 3.63) is 48.5 Å². The predicted molar refractivity (Wildman–Crippen MR) is 111 cm³/mol. The molecule has 0 aromatic heterocycles. The second kappa shape index (κ2) is 7.33. The fraction of sp³-hybridized carbons (Fsp3) is 0.435. The summed E-state index contributed by atoms with van der Waals surface area (Å²) in [5.74, 6) is 0.757. The van der Waals surface area contributed by atoms with E-state index < -0.39 is 0 Å². The van der Waals surface area contributed by atoms with Crippen LogP contribution in [0.25, 0.3) is 0 Å². The summed E-state index contributed by atoms with van der Waals surface area (Å²) in [4.78, 5) is 20.6. The minimum atomic E-state index is 0.257. The molecule has 0 N–H and O–H groups in total. The molecular formula is C23H26N2OS. The summed E-state index contributed by atoms with van der Waals surface area (Å²) in [6.45, 7) is 2.45. The Kier molecular flexibility index (Phi) is 4.70. The minimum Gasteiger partial charge on any atom is -0.300 e. The van der Waals surface area contributed by atoms with Crippen molar-refractivity contribution >= 4 is 29.0 Å². The van der Waals surface area contributed by atoms with E-state index in [9.17, 15) is 4.79 Å². The van der Waals surface area contributed by atoms with Crippen LogP contribution in [0.1, 0.15) is 38.5 Å². The first-order valence-corrected chi connectivity index (χ1v) is 11.1. The third-order valence-corrected chi connectivity index (χ3v) is 7.48. The van der Waals surface area contributed by atoms with Crippen molar-refractivity contribution in [2.75, 3.05) is 18.0 Å². The van der Waals surface area contributed by atoms with Crippen LogP contribution in [-0.2, 0) is 4.79 Å². The van der Waals surface area contributed by atoms with Crippen LogP contribution in [0.2, 0.25) is 0 Å². The molecule has 1 unspecified atom stereocenters. The Labute approximate surface area is 165 Å². The van der Waals surface area contributed by atoms with Crippen LogP contribution in [0.5, 0.6) is 0 Å². The number of carbonyl (C=O) groups excluding carboxylic acids is 1. The zero-order valence-electron chi connectivity index (χ0n) is 15.6. The third kappa shape index (κ3) is 3.19. The van der Waals surface area contributed by atoms with E-state index >= 15 is 0 Å². The first-order chi connectivity index (χ1) is 13.3. The monoisotopic (exact) mass is 378 g/mol. The van der Waals surface area contributed by atoms with Gasteiger partial charge in [0, 0.05) is 22.3 Å². The molecule has 2 fully saturated rings. The van der Waals surface area contributed by atoms with Crippen LogP contribution >= 0.6 is 11.8 Å². The maximum atomic E-state index is 13.6. The number of anilines is 2. The van der Waals surface area contributed by atoms with E-state index in [2.05, 4.69) is 41.3 Å². The molecule has 3 nitrogen and oxygen atoms in total. The summed E-state index contributed by atoms with van der Waals surface area (Å²) in [5.41, 5.74) is 2.09. The maximum Gasteiger partial charge on any atom is 0.231 e. The SMILES string of the molecule is O=C(C[C@@H]1CCCN2CCCCC12)N1c2ccccc2Sc2ccccc21. The minimum absolute atomic E-state index is 0.257. The molecular weight excluding hydrogens is 352 g/mol. The van der Waals surface area contributed by atoms with Crippen molar-refractivity contribution in [1.82, 2.24) is 4.90 Å². The Bertz CT molecular complexity index is 804. The quantitative estimate of drug-likeness (QED) is 0.692. The van der Waals surface area contributed by atoms with Gasteiger partial charge in [-0.05, 0) is 69.0 Å². The molecule has 0 aliphatic carbocycles. The number of fused-ring (bicyclic) bond motifs is 3. The third-order valence-electron chi connectivity index (χ3n) is 6.35. The molecule has 2 aromatic rings. The highest BCUT2D eigenvalue weighted by atomic mass is 32.2. The van der Waals surface area contributed by atoms with Crippen LogP contribution in [0.3, 0.4) is 0 Å². The molecule has 27 heavy (non-hydrogen) atoms. The smallest absolute Gasteiger partial charge is 0.231 e. The highest BCUT2D eigenvalue weighted by molar-refractivity contribution is 7.99. The highest BCUT2D eigenvalue weighted by Crippen LogP contribution is 2.48. The van der Waals surface area contributed by atoms with Crippen molar-refractivity contribution in [2.24, 2.45) is 5.92 Å². The van der Waals surface area contributed by atoms with E-state index in [-0.39, 0.29) is 5.91 Å². The number of piperidine rings is 2. The number of nitrogens with zero attached hydrogens (tertiary/aromatic N) is 2. The first kappa shape index (κ1) is 17.3. The largest absolute Gasteiger partial charge is 0.300 e. The fourth-order valence-corrected chi connectivity index (χ4v) is 6.16. The van der Waals surface area contributed by atoms with Crippen LogP contribution < -0.4 is 4.90 Å². The van der Waals surface area contributed by atoms with E-state index in [1.807, 2.05) is 17.0 Å². The van der Waals surface area contributed by atoms with Gasteiger partial charge in [0.15, 0.2) is 0 Å². The molecule has 140 valence electrons. The zero-order chi connectivity index (χ0) is 18.2. The average molecular weight is 379 g/mol. The molecule has 3 aliphatic rings. The van der Waals surface area contributed by atoms with Crippen molar-refractivity contribution in [3.63, 3.8) is 0 Å². The second-order valence-electron chi connectivity index (χ2n) is 7.97. The van der Waals surface area contributed by atoms with Gasteiger partial charge in [-0.1, -0.05) is 42.4 Å². The van der Waals surface area contributed by atoms with Crippen LogP contribution in [0.4, 0.5) is 11.4 Å². The number of hydrogen-bond acceptors (Lipinski definition) is 3. The standard InChI is InChI=1S/C23H26N2OS/c26-23(16-17-8-7-15-24-14-6-5-9-18(17)24)25-19-10-1-3-12-21(19)27-22-13-4-2-11-20(22)25/h1-4,10-13,17-18H,5-9,14-16H2/t17-,18?/m0/s1. The van der Waals surface area contributed by atoms with Gasteiger partial charge >= 0.3 is 0 Å². The number of amides is 1. The molecule has 3 heterocycles. The Hall–Kier alpha value is -1.78. The van der Waals surface area contributed by atoms with Gasteiger partial charge in [0.25, 0.3) is 0 Å². The zero-order valence-corrected chi connectivity index (χ0v) is 16.5. The summed E-state index contributed by atoms with van der Waals surface area (Å²) in [7, 11) is 0. The number of rotatable bonds is 2. The Morgan fingerprint density at radius 3 is 2.30 bits per heavy atom. The highest BCUT2D eigenvalue weighted by Gasteiger charge is 2.36.